The molecule has 66 heavy (non-hydrogen) atoms. The molecule has 0 radical (unpaired) electrons. The third kappa shape index (κ3) is 6.82. The van der Waals surface area contributed by atoms with Gasteiger partial charge in [0.1, 0.15) is 16.9 Å². The number of benzene rings is 8. The van der Waals surface area contributed by atoms with Gasteiger partial charge in [0.05, 0.1) is 28.3 Å². The van der Waals surface area contributed by atoms with Gasteiger partial charge < -0.3 is 14.1 Å². The van der Waals surface area contributed by atoms with Crippen LogP contribution in [0.4, 0.5) is 0 Å². The molecule has 8 aromatic carbocycles. The minimum Gasteiger partial charge on any atom is -0.507 e. The fourth-order valence-electron chi connectivity index (χ4n) is 9.54. The van der Waals surface area contributed by atoms with Crippen LogP contribution in [0.3, 0.4) is 0 Å². The molecule has 0 saturated carbocycles. The monoisotopic (exact) mass is 847 g/mol. The lowest BCUT2D eigenvalue weighted by Gasteiger charge is -2.15. The third-order valence-corrected chi connectivity index (χ3v) is 12.6. The minimum atomic E-state index is 0.188. The number of furan rings is 1. The molecule has 12 aromatic rings. The average molecular weight is 848 g/mol. The van der Waals surface area contributed by atoms with Crippen molar-refractivity contribution < 1.29 is 9.52 Å². The second kappa shape index (κ2) is 16.1. The van der Waals surface area contributed by atoms with Crippen LogP contribution in [0.5, 0.6) is 5.75 Å². The zero-order chi connectivity index (χ0) is 44.1. The summed E-state index contributed by atoms with van der Waals surface area (Å²) < 4.78 is 9.21. The average Bonchev–Trinajstić information content (AvgIpc) is 3.93. The van der Waals surface area contributed by atoms with Crippen molar-refractivity contribution >= 4 is 32.8 Å². The highest BCUT2D eigenvalue weighted by Gasteiger charge is 2.24. The molecule has 4 heterocycles. The normalized spacial score (nSPS) is 11.5. The molecule has 4 aromatic heterocycles. The molecule has 0 unspecified atom stereocenters. The topological polar surface area (TPSA) is 64.1 Å². The van der Waals surface area contributed by atoms with Crippen molar-refractivity contribution in [1.29, 1.82) is 0 Å². The van der Waals surface area contributed by atoms with E-state index in [0.717, 1.165) is 111 Å². The van der Waals surface area contributed by atoms with Gasteiger partial charge in [0.15, 0.2) is 0 Å². The summed E-state index contributed by atoms with van der Waals surface area (Å²) in [6.45, 7) is 2.07. The maximum Gasteiger partial charge on any atom is 0.143 e. The Labute approximate surface area is 382 Å². The summed E-state index contributed by atoms with van der Waals surface area (Å²) in [4.78, 5) is 10.3. The van der Waals surface area contributed by atoms with Gasteiger partial charge in [0.2, 0.25) is 0 Å². The quantitative estimate of drug-likeness (QED) is 0.165. The van der Waals surface area contributed by atoms with Crippen LogP contribution in [-0.4, -0.2) is 19.6 Å². The number of aryl methyl sites for hydroxylation is 1. The van der Waals surface area contributed by atoms with Crippen LogP contribution < -0.4 is 0 Å². The van der Waals surface area contributed by atoms with Crippen LogP contribution in [0.2, 0.25) is 0 Å². The fourth-order valence-corrected chi connectivity index (χ4v) is 9.54. The van der Waals surface area contributed by atoms with E-state index in [1.807, 2.05) is 48.5 Å². The van der Waals surface area contributed by atoms with E-state index in [-0.39, 0.29) is 5.75 Å². The third-order valence-electron chi connectivity index (χ3n) is 12.6. The lowest BCUT2D eigenvalue weighted by molar-refractivity contribution is 0.477. The maximum absolute atomic E-state index is 10.9. The molecule has 1 N–H and O–H groups in total. The van der Waals surface area contributed by atoms with Crippen molar-refractivity contribution in [3.8, 4) is 89.8 Å². The fraction of sp³-hybridized carbons (Fsp3) is 0.0164. The molecule has 5 nitrogen and oxygen atoms in total. The van der Waals surface area contributed by atoms with Crippen molar-refractivity contribution in [2.75, 3.05) is 0 Å². The number of phenols is 1. The Kier molecular flexibility index (Phi) is 9.46. The summed E-state index contributed by atoms with van der Waals surface area (Å²) >= 11 is 0. The molecule has 0 fully saturated rings. The Morgan fingerprint density at radius 3 is 1.80 bits per heavy atom. The van der Waals surface area contributed by atoms with Crippen molar-refractivity contribution in [2.24, 2.45) is 0 Å². The smallest absolute Gasteiger partial charge is 0.143 e. The number of rotatable bonds is 8. The Balaban J connectivity index is 1.04. The lowest BCUT2D eigenvalue weighted by Crippen LogP contribution is -1.99. The highest BCUT2D eigenvalue weighted by Crippen LogP contribution is 2.46. The second-order valence-electron chi connectivity index (χ2n) is 16.7. The Morgan fingerprint density at radius 2 is 1.02 bits per heavy atom. The van der Waals surface area contributed by atoms with E-state index in [9.17, 15) is 5.11 Å². The van der Waals surface area contributed by atoms with E-state index in [2.05, 4.69) is 181 Å². The standard InChI is InChI=1S/C61H41N3O2/c1-39-33-46(37-53(62-39)42-21-15-22-43(34-42)54-35-45(40-17-5-2-6-18-40)36-55(63-54)51-25-12-14-30-57(51)65)60-59(52-26-11-13-29-56(52)64(60)47-23-9-4-10-24-47)44-31-32-49-50-28-16-27-48(41-19-7-3-8-20-41)61(50)66-58(49)38-44/h2-38,65H,1H3. The number of aromatic nitrogens is 3. The number of nitrogens with zero attached hydrogens (tertiary/aromatic N) is 3. The largest absolute Gasteiger partial charge is 0.507 e. The van der Waals surface area contributed by atoms with Gasteiger partial charge in [-0.05, 0) is 102 Å². The Morgan fingerprint density at radius 1 is 0.409 bits per heavy atom. The molecule has 0 aliphatic rings. The van der Waals surface area contributed by atoms with E-state index in [1.54, 1.807) is 6.07 Å². The second-order valence-corrected chi connectivity index (χ2v) is 16.7. The van der Waals surface area contributed by atoms with Crippen LogP contribution in [0, 0.1) is 6.92 Å². The predicted octanol–water partition coefficient (Wildman–Crippen LogP) is 16.0. The number of pyridine rings is 2. The van der Waals surface area contributed by atoms with Gasteiger partial charge in [0.25, 0.3) is 0 Å². The van der Waals surface area contributed by atoms with E-state index in [0.29, 0.717) is 11.3 Å². The highest BCUT2D eigenvalue weighted by atomic mass is 16.3. The molecule has 12 rings (SSSR count). The van der Waals surface area contributed by atoms with Gasteiger partial charge >= 0.3 is 0 Å². The van der Waals surface area contributed by atoms with Gasteiger partial charge in [-0.1, -0.05) is 152 Å². The molecule has 0 amide bonds. The molecule has 5 heteroatoms. The van der Waals surface area contributed by atoms with Gasteiger partial charge in [-0.2, -0.15) is 0 Å². The molecular weight excluding hydrogens is 807 g/mol. The van der Waals surface area contributed by atoms with Gasteiger partial charge in [-0.25, -0.2) is 4.98 Å². The number of aromatic hydroxyl groups is 1. The molecule has 312 valence electrons. The van der Waals surface area contributed by atoms with E-state index in [4.69, 9.17) is 14.4 Å². The molecule has 0 atom stereocenters. The summed E-state index contributed by atoms with van der Waals surface area (Å²) in [5.41, 5.74) is 18.3. The number of fused-ring (bicyclic) bond motifs is 4. The van der Waals surface area contributed by atoms with E-state index in [1.165, 1.54) is 0 Å². The predicted molar refractivity (Wildman–Crippen MR) is 271 cm³/mol. The lowest BCUT2D eigenvalue weighted by atomic mass is 9.95. The summed E-state index contributed by atoms with van der Waals surface area (Å²) in [5.74, 6) is 0.188. The van der Waals surface area contributed by atoms with Crippen LogP contribution in [-0.2, 0) is 0 Å². The molecule has 0 spiro atoms. The first-order valence-corrected chi connectivity index (χ1v) is 22.2. The van der Waals surface area contributed by atoms with E-state index >= 15 is 0 Å². The number of hydrogen-bond donors (Lipinski definition) is 1. The summed E-state index contributed by atoms with van der Waals surface area (Å²) in [6.07, 6.45) is 0. The maximum atomic E-state index is 10.9. The van der Waals surface area contributed by atoms with Gasteiger partial charge in [-0.15, -0.1) is 0 Å². The summed E-state index contributed by atoms with van der Waals surface area (Å²) in [5, 5.41) is 14.2. The van der Waals surface area contributed by atoms with Crippen molar-refractivity contribution in [1.82, 2.24) is 14.5 Å². The van der Waals surface area contributed by atoms with Crippen LogP contribution in [0.25, 0.3) is 117 Å². The number of para-hydroxylation sites is 4. The molecule has 0 saturated heterocycles. The van der Waals surface area contributed by atoms with Crippen LogP contribution >= 0.6 is 0 Å². The number of phenolic OH excluding ortho intramolecular Hbond substituents is 1. The number of hydrogen-bond acceptors (Lipinski definition) is 4. The molecular formula is C61H41N3O2. The van der Waals surface area contributed by atoms with E-state index < -0.39 is 0 Å². The summed E-state index contributed by atoms with van der Waals surface area (Å²) in [6, 6.07) is 77.5. The highest BCUT2D eigenvalue weighted by molar-refractivity contribution is 6.12. The van der Waals surface area contributed by atoms with Gasteiger partial charge in [-0.3, -0.25) is 4.98 Å². The van der Waals surface area contributed by atoms with Crippen LogP contribution in [0.1, 0.15) is 5.69 Å². The van der Waals surface area contributed by atoms with Crippen molar-refractivity contribution in [3.63, 3.8) is 0 Å². The SMILES string of the molecule is Cc1cc(-c2c(-c3ccc4c(c3)oc3c(-c5ccccc5)cccc34)c3ccccc3n2-c2ccccc2)cc(-c2cccc(-c3cc(-c4ccccc4)cc(-c4ccccc4O)n3)c2)n1. The van der Waals surface area contributed by atoms with Crippen molar-refractivity contribution in [2.45, 2.75) is 6.92 Å². The van der Waals surface area contributed by atoms with Crippen molar-refractivity contribution in [3.05, 3.63) is 230 Å². The zero-order valence-electron chi connectivity index (χ0n) is 36.1. The molecule has 0 aliphatic heterocycles. The van der Waals surface area contributed by atoms with Gasteiger partial charge in [0, 0.05) is 60.9 Å². The molecule has 0 aliphatic carbocycles. The Hall–Kier alpha value is -8.80. The minimum absolute atomic E-state index is 0.188. The first-order valence-electron chi connectivity index (χ1n) is 22.2. The first kappa shape index (κ1) is 38.8. The first-order chi connectivity index (χ1) is 32.5. The summed E-state index contributed by atoms with van der Waals surface area (Å²) in [7, 11) is 0. The molecule has 0 bridgehead atoms. The zero-order valence-corrected chi connectivity index (χ0v) is 36.1. The van der Waals surface area contributed by atoms with Crippen LogP contribution in [0.15, 0.2) is 229 Å². The Bertz CT molecular complexity index is 3780.